The fraction of sp³-hybridized carbons (Fsp3) is 1.00. The van der Waals surface area contributed by atoms with Crippen molar-refractivity contribution in [2.45, 2.75) is 85.0 Å². The van der Waals surface area contributed by atoms with Crippen molar-refractivity contribution >= 4 is 0 Å². The third-order valence-electron chi connectivity index (χ3n) is 4.49. The third-order valence-corrected chi connectivity index (χ3v) is 4.49. The molecule has 0 spiro atoms. The minimum Gasteiger partial charge on any atom is -0.0625 e. The first-order chi connectivity index (χ1) is 7.70. The van der Waals surface area contributed by atoms with Crippen LogP contribution in [0.2, 0.25) is 0 Å². The smallest absolute Gasteiger partial charge is 0.0391 e. The number of rotatable bonds is 1. The predicted molar refractivity (Wildman–Crippen MR) is 73.7 cm³/mol. The van der Waals surface area contributed by atoms with Crippen molar-refractivity contribution in [3.8, 4) is 0 Å². The lowest BCUT2D eigenvalue weighted by Gasteiger charge is -2.22. The average molecular weight is 224 g/mol. The van der Waals surface area contributed by atoms with E-state index >= 15 is 0 Å². The maximum Gasteiger partial charge on any atom is -0.0391 e. The second kappa shape index (κ2) is 8.14. The van der Waals surface area contributed by atoms with E-state index in [4.69, 9.17) is 0 Å². The van der Waals surface area contributed by atoms with Gasteiger partial charge >= 0.3 is 0 Å². The summed E-state index contributed by atoms with van der Waals surface area (Å²) in [4.78, 5) is 0. The van der Waals surface area contributed by atoms with E-state index in [-0.39, 0.29) is 0 Å². The highest BCUT2D eigenvalue weighted by Gasteiger charge is 2.13. The average Bonchev–Trinajstić information content (AvgIpc) is 2.22. The zero-order valence-electron chi connectivity index (χ0n) is 11.8. The van der Waals surface area contributed by atoms with E-state index < -0.39 is 0 Å². The minimum atomic E-state index is 0.905. The summed E-state index contributed by atoms with van der Waals surface area (Å²) in [6, 6.07) is 0. The molecule has 0 amide bonds. The molecule has 1 saturated carbocycles. The van der Waals surface area contributed by atoms with E-state index in [1.807, 2.05) is 0 Å². The first-order valence-electron chi connectivity index (χ1n) is 7.70. The molecule has 0 radical (unpaired) electrons. The van der Waals surface area contributed by atoms with Crippen LogP contribution in [0.15, 0.2) is 0 Å². The molecule has 1 aliphatic rings. The Bertz CT molecular complexity index is 145. The van der Waals surface area contributed by atoms with Gasteiger partial charge in [-0.1, -0.05) is 85.0 Å². The quantitative estimate of drug-likeness (QED) is 0.527. The van der Waals surface area contributed by atoms with Gasteiger partial charge in [-0.25, -0.2) is 0 Å². The van der Waals surface area contributed by atoms with Crippen LogP contribution in [0.3, 0.4) is 0 Å². The van der Waals surface area contributed by atoms with Gasteiger partial charge < -0.3 is 0 Å². The molecule has 1 rings (SSSR count). The van der Waals surface area contributed by atoms with E-state index in [0.29, 0.717) is 0 Å². The molecule has 0 bridgehead atoms. The van der Waals surface area contributed by atoms with Crippen molar-refractivity contribution in [1.82, 2.24) is 0 Å². The summed E-state index contributed by atoms with van der Waals surface area (Å²) < 4.78 is 0. The molecule has 16 heavy (non-hydrogen) atoms. The van der Waals surface area contributed by atoms with Gasteiger partial charge in [0.2, 0.25) is 0 Å². The van der Waals surface area contributed by atoms with Gasteiger partial charge in [0.05, 0.1) is 0 Å². The van der Waals surface area contributed by atoms with Crippen LogP contribution in [-0.2, 0) is 0 Å². The summed E-state index contributed by atoms with van der Waals surface area (Å²) in [6.45, 7) is 7.28. The van der Waals surface area contributed by atoms with Crippen LogP contribution < -0.4 is 0 Å². The Morgan fingerprint density at radius 3 is 1.56 bits per heavy atom. The van der Waals surface area contributed by atoms with Gasteiger partial charge in [0, 0.05) is 0 Å². The van der Waals surface area contributed by atoms with Gasteiger partial charge in [-0.15, -0.1) is 0 Å². The Morgan fingerprint density at radius 1 is 0.688 bits per heavy atom. The molecule has 96 valence electrons. The largest absolute Gasteiger partial charge is 0.0625 e. The summed E-state index contributed by atoms with van der Waals surface area (Å²) >= 11 is 0. The summed E-state index contributed by atoms with van der Waals surface area (Å²) in [5, 5.41) is 0. The minimum absolute atomic E-state index is 0.905. The number of hydrogen-bond donors (Lipinski definition) is 0. The Balaban J connectivity index is 2.30. The van der Waals surface area contributed by atoms with Crippen LogP contribution >= 0.6 is 0 Å². The molecule has 0 heteroatoms. The van der Waals surface area contributed by atoms with Crippen LogP contribution in [0.4, 0.5) is 0 Å². The van der Waals surface area contributed by atoms with Crippen molar-refractivity contribution in [2.75, 3.05) is 0 Å². The van der Waals surface area contributed by atoms with E-state index in [0.717, 1.165) is 17.8 Å². The molecule has 0 aromatic heterocycles. The second-order valence-electron chi connectivity index (χ2n) is 6.39. The number of hydrogen-bond acceptors (Lipinski definition) is 0. The summed E-state index contributed by atoms with van der Waals surface area (Å²) in [5.74, 6) is 2.90. The highest BCUT2D eigenvalue weighted by molar-refractivity contribution is 4.66. The Morgan fingerprint density at radius 2 is 1.12 bits per heavy atom. The Labute approximate surface area is 103 Å². The summed E-state index contributed by atoms with van der Waals surface area (Å²) in [5.41, 5.74) is 0. The molecule has 0 unspecified atom stereocenters. The van der Waals surface area contributed by atoms with E-state index in [1.165, 1.54) is 64.2 Å². The van der Waals surface area contributed by atoms with E-state index in [2.05, 4.69) is 20.8 Å². The fourth-order valence-corrected chi connectivity index (χ4v) is 3.11. The lowest BCUT2D eigenvalue weighted by atomic mass is 9.84. The van der Waals surface area contributed by atoms with E-state index in [9.17, 15) is 0 Å². The van der Waals surface area contributed by atoms with Crippen molar-refractivity contribution in [1.29, 1.82) is 0 Å². The lowest BCUT2D eigenvalue weighted by molar-refractivity contribution is 0.303. The van der Waals surface area contributed by atoms with Crippen LogP contribution in [0.1, 0.15) is 85.0 Å². The van der Waals surface area contributed by atoms with Gasteiger partial charge in [0.25, 0.3) is 0 Å². The van der Waals surface area contributed by atoms with E-state index in [1.54, 1.807) is 0 Å². The normalized spacial score (nSPS) is 30.8. The Hall–Kier alpha value is 0. The van der Waals surface area contributed by atoms with Gasteiger partial charge in [0.1, 0.15) is 0 Å². The molecule has 0 atom stereocenters. The third kappa shape index (κ3) is 5.92. The molecule has 0 N–H and O–H groups in total. The van der Waals surface area contributed by atoms with Crippen molar-refractivity contribution in [3.63, 3.8) is 0 Å². The maximum absolute atomic E-state index is 2.45. The summed E-state index contributed by atoms with van der Waals surface area (Å²) in [7, 11) is 0. The standard InChI is InChI=1S/C16H32/c1-14(2)16-12-8-4-6-10-15(3)11-7-5-9-13-16/h14-16H,4-13H2,1-3H3. The van der Waals surface area contributed by atoms with Gasteiger partial charge in [0.15, 0.2) is 0 Å². The zero-order valence-corrected chi connectivity index (χ0v) is 11.8. The molecule has 0 nitrogen and oxygen atoms in total. The van der Waals surface area contributed by atoms with Crippen molar-refractivity contribution < 1.29 is 0 Å². The molecule has 0 aliphatic heterocycles. The molecular weight excluding hydrogens is 192 g/mol. The van der Waals surface area contributed by atoms with Crippen molar-refractivity contribution in [2.24, 2.45) is 17.8 Å². The van der Waals surface area contributed by atoms with Gasteiger partial charge in [-0.2, -0.15) is 0 Å². The van der Waals surface area contributed by atoms with Crippen LogP contribution in [-0.4, -0.2) is 0 Å². The molecular formula is C16H32. The lowest BCUT2D eigenvalue weighted by Crippen LogP contribution is -2.09. The second-order valence-corrected chi connectivity index (χ2v) is 6.39. The van der Waals surface area contributed by atoms with Crippen molar-refractivity contribution in [3.05, 3.63) is 0 Å². The van der Waals surface area contributed by atoms with Crippen LogP contribution in [0.25, 0.3) is 0 Å². The van der Waals surface area contributed by atoms with Crippen LogP contribution in [0.5, 0.6) is 0 Å². The first kappa shape index (κ1) is 14.1. The molecule has 0 aromatic rings. The topological polar surface area (TPSA) is 0 Å². The summed E-state index contributed by atoms with van der Waals surface area (Å²) in [6.07, 6.45) is 14.8. The first-order valence-corrected chi connectivity index (χ1v) is 7.70. The maximum atomic E-state index is 2.45. The highest BCUT2D eigenvalue weighted by atomic mass is 14.2. The zero-order chi connectivity index (χ0) is 11.8. The fourth-order valence-electron chi connectivity index (χ4n) is 3.11. The van der Waals surface area contributed by atoms with Gasteiger partial charge in [-0.3, -0.25) is 0 Å². The highest BCUT2D eigenvalue weighted by Crippen LogP contribution is 2.27. The molecule has 0 saturated heterocycles. The monoisotopic (exact) mass is 224 g/mol. The molecule has 1 fully saturated rings. The Kier molecular flexibility index (Phi) is 7.16. The molecule has 1 aliphatic carbocycles. The molecule has 0 aromatic carbocycles. The molecule has 0 heterocycles. The SMILES string of the molecule is CC1CCCCCC(C(C)C)CCCCC1. The van der Waals surface area contributed by atoms with Gasteiger partial charge in [-0.05, 0) is 17.8 Å². The predicted octanol–water partition coefficient (Wildman–Crippen LogP) is 5.81. The van der Waals surface area contributed by atoms with Crippen LogP contribution in [0, 0.1) is 17.8 Å².